The Hall–Kier alpha value is -2.69. The lowest BCUT2D eigenvalue weighted by Crippen LogP contribution is -2.07. The predicted molar refractivity (Wildman–Crippen MR) is 79.6 cm³/mol. The first kappa shape index (κ1) is 13.3. The predicted octanol–water partition coefficient (Wildman–Crippen LogP) is 2.91. The average Bonchev–Trinajstić information content (AvgIpc) is 2.88. The van der Waals surface area contributed by atoms with Crippen LogP contribution in [0.1, 0.15) is 23.0 Å². The van der Waals surface area contributed by atoms with Crippen LogP contribution >= 0.6 is 0 Å². The van der Waals surface area contributed by atoms with Crippen LogP contribution in [0.4, 0.5) is 0 Å². The Balaban J connectivity index is 2.14. The Labute approximate surface area is 122 Å². The molecule has 0 amide bonds. The molecule has 0 saturated heterocycles. The van der Waals surface area contributed by atoms with Crippen molar-refractivity contribution in [3.63, 3.8) is 0 Å². The van der Waals surface area contributed by atoms with Crippen molar-refractivity contribution in [2.24, 2.45) is 0 Å². The maximum Gasteiger partial charge on any atom is 0.341 e. The molecule has 0 radical (unpaired) electrons. The van der Waals surface area contributed by atoms with E-state index in [9.17, 15) is 4.79 Å². The number of carbonyl (C=O) groups is 1. The van der Waals surface area contributed by atoms with Crippen LogP contribution in [0.3, 0.4) is 0 Å². The van der Waals surface area contributed by atoms with E-state index in [0.29, 0.717) is 12.2 Å². The molecule has 1 aromatic carbocycles. The molecular weight excluding hydrogens is 266 g/mol. The highest BCUT2D eigenvalue weighted by Gasteiger charge is 2.17. The fourth-order valence-electron chi connectivity index (χ4n) is 2.33. The molecule has 0 fully saturated rings. The lowest BCUT2D eigenvalue weighted by Gasteiger charge is -2.08. The molecule has 0 N–H and O–H groups in total. The van der Waals surface area contributed by atoms with Gasteiger partial charge < -0.3 is 4.74 Å². The third kappa shape index (κ3) is 2.27. The van der Waals surface area contributed by atoms with Crippen molar-refractivity contribution in [3.8, 4) is 5.69 Å². The zero-order chi connectivity index (χ0) is 14.8. The maximum absolute atomic E-state index is 11.9. The van der Waals surface area contributed by atoms with Gasteiger partial charge in [0.25, 0.3) is 0 Å². The average molecular weight is 281 g/mol. The largest absolute Gasteiger partial charge is 0.462 e. The van der Waals surface area contributed by atoms with E-state index in [0.717, 1.165) is 22.3 Å². The van der Waals surface area contributed by atoms with Gasteiger partial charge in [-0.1, -0.05) is 18.2 Å². The summed E-state index contributed by atoms with van der Waals surface area (Å²) in [4.78, 5) is 16.2. The second kappa shape index (κ2) is 5.36. The highest BCUT2D eigenvalue weighted by Crippen LogP contribution is 2.22. The van der Waals surface area contributed by atoms with Crippen LogP contribution in [0.25, 0.3) is 16.6 Å². The number of para-hydroxylation sites is 1. The third-order valence-corrected chi connectivity index (χ3v) is 3.36. The third-order valence-electron chi connectivity index (χ3n) is 3.36. The SMILES string of the molecule is CCOC(=O)c1cnn(-c2ccnc3ccccc23)c1C. The molecule has 0 saturated carbocycles. The molecule has 3 rings (SSSR count). The molecule has 5 nitrogen and oxygen atoms in total. The van der Waals surface area contributed by atoms with Gasteiger partial charge in [-0.2, -0.15) is 5.10 Å². The summed E-state index contributed by atoms with van der Waals surface area (Å²) in [6.45, 7) is 3.99. The first-order chi connectivity index (χ1) is 10.2. The fraction of sp³-hybridized carbons (Fsp3) is 0.188. The van der Waals surface area contributed by atoms with Gasteiger partial charge >= 0.3 is 5.97 Å². The van der Waals surface area contributed by atoms with Crippen LogP contribution < -0.4 is 0 Å². The molecule has 0 bridgehead atoms. The number of aromatic nitrogens is 3. The summed E-state index contributed by atoms with van der Waals surface area (Å²) >= 11 is 0. The number of esters is 1. The summed E-state index contributed by atoms with van der Waals surface area (Å²) in [7, 11) is 0. The highest BCUT2D eigenvalue weighted by molar-refractivity contribution is 5.91. The van der Waals surface area contributed by atoms with Gasteiger partial charge in [-0.25, -0.2) is 9.48 Å². The van der Waals surface area contributed by atoms with Gasteiger partial charge in [0.15, 0.2) is 0 Å². The molecule has 106 valence electrons. The Morgan fingerprint density at radius 3 is 2.90 bits per heavy atom. The summed E-state index contributed by atoms with van der Waals surface area (Å²) in [6.07, 6.45) is 3.28. The monoisotopic (exact) mass is 281 g/mol. The van der Waals surface area contributed by atoms with Gasteiger partial charge in [0.2, 0.25) is 0 Å². The zero-order valence-electron chi connectivity index (χ0n) is 11.9. The molecule has 0 spiro atoms. The molecule has 21 heavy (non-hydrogen) atoms. The van der Waals surface area contributed by atoms with E-state index in [4.69, 9.17) is 4.74 Å². The topological polar surface area (TPSA) is 57.0 Å². The van der Waals surface area contributed by atoms with Crippen LogP contribution in [0.5, 0.6) is 0 Å². The summed E-state index contributed by atoms with van der Waals surface area (Å²) in [6, 6.07) is 9.72. The van der Waals surface area contributed by atoms with Crippen LogP contribution in [0.15, 0.2) is 42.7 Å². The number of hydrogen-bond acceptors (Lipinski definition) is 4. The van der Waals surface area contributed by atoms with Crippen LogP contribution in [-0.2, 0) is 4.74 Å². The number of carbonyl (C=O) groups excluding carboxylic acids is 1. The summed E-state index contributed by atoms with van der Waals surface area (Å²) < 4.78 is 6.79. The van der Waals surface area contributed by atoms with Crippen molar-refractivity contribution in [2.75, 3.05) is 6.61 Å². The fourth-order valence-corrected chi connectivity index (χ4v) is 2.33. The molecule has 5 heteroatoms. The minimum absolute atomic E-state index is 0.348. The van der Waals surface area contributed by atoms with E-state index >= 15 is 0 Å². The molecule has 0 unspecified atom stereocenters. The Morgan fingerprint density at radius 1 is 1.29 bits per heavy atom. The van der Waals surface area contributed by atoms with Crippen molar-refractivity contribution in [1.29, 1.82) is 0 Å². The smallest absolute Gasteiger partial charge is 0.341 e. The number of rotatable bonds is 3. The lowest BCUT2D eigenvalue weighted by molar-refractivity contribution is 0.0525. The molecule has 0 atom stereocenters. The standard InChI is InChI=1S/C16H15N3O2/c1-3-21-16(20)13-10-18-19(11(13)2)15-8-9-17-14-7-5-4-6-12(14)15/h4-10H,3H2,1-2H3. The number of ether oxygens (including phenoxy) is 1. The molecule has 2 aromatic heterocycles. The van der Waals surface area contributed by atoms with Crippen molar-refractivity contribution < 1.29 is 9.53 Å². The van der Waals surface area contributed by atoms with Gasteiger partial charge in [-0.15, -0.1) is 0 Å². The molecule has 0 aliphatic rings. The normalized spacial score (nSPS) is 10.8. The second-order valence-corrected chi connectivity index (χ2v) is 4.62. The van der Waals surface area contributed by atoms with Crippen molar-refractivity contribution in [3.05, 3.63) is 54.0 Å². The molecule has 0 aliphatic heterocycles. The number of hydrogen-bond donors (Lipinski definition) is 0. The van der Waals surface area contributed by atoms with Gasteiger partial charge in [0.05, 0.1) is 29.7 Å². The number of nitrogens with zero attached hydrogens (tertiary/aromatic N) is 3. The van der Waals surface area contributed by atoms with Gasteiger partial charge in [-0.05, 0) is 26.0 Å². The number of benzene rings is 1. The van der Waals surface area contributed by atoms with Crippen LogP contribution in [-0.4, -0.2) is 27.3 Å². The van der Waals surface area contributed by atoms with Crippen LogP contribution in [0, 0.1) is 6.92 Å². The van der Waals surface area contributed by atoms with Crippen LogP contribution in [0.2, 0.25) is 0 Å². The lowest BCUT2D eigenvalue weighted by atomic mass is 10.2. The highest BCUT2D eigenvalue weighted by atomic mass is 16.5. The van der Waals surface area contributed by atoms with Gasteiger partial charge in [0.1, 0.15) is 5.56 Å². The Kier molecular flexibility index (Phi) is 3.39. The van der Waals surface area contributed by atoms with E-state index in [1.54, 1.807) is 24.0 Å². The number of pyridine rings is 1. The minimum atomic E-state index is -0.348. The first-order valence-corrected chi connectivity index (χ1v) is 6.78. The summed E-state index contributed by atoms with van der Waals surface area (Å²) in [5, 5.41) is 5.32. The first-order valence-electron chi connectivity index (χ1n) is 6.78. The van der Waals surface area contributed by atoms with Gasteiger partial charge in [0, 0.05) is 11.6 Å². The Bertz CT molecular complexity index is 803. The van der Waals surface area contributed by atoms with Crippen molar-refractivity contribution >= 4 is 16.9 Å². The van der Waals surface area contributed by atoms with Crippen molar-refractivity contribution in [2.45, 2.75) is 13.8 Å². The zero-order valence-corrected chi connectivity index (χ0v) is 11.9. The summed E-state index contributed by atoms with van der Waals surface area (Å²) in [5.74, 6) is -0.348. The van der Waals surface area contributed by atoms with E-state index in [1.165, 1.54) is 0 Å². The molecule has 0 aliphatic carbocycles. The quantitative estimate of drug-likeness (QED) is 0.693. The maximum atomic E-state index is 11.9. The van der Waals surface area contributed by atoms with E-state index in [1.807, 2.05) is 37.3 Å². The van der Waals surface area contributed by atoms with Crippen molar-refractivity contribution in [1.82, 2.24) is 14.8 Å². The Morgan fingerprint density at radius 2 is 2.10 bits per heavy atom. The van der Waals surface area contributed by atoms with Gasteiger partial charge in [-0.3, -0.25) is 4.98 Å². The van der Waals surface area contributed by atoms with E-state index in [-0.39, 0.29) is 5.97 Å². The number of fused-ring (bicyclic) bond motifs is 1. The second-order valence-electron chi connectivity index (χ2n) is 4.62. The van der Waals surface area contributed by atoms with E-state index in [2.05, 4.69) is 10.1 Å². The summed E-state index contributed by atoms with van der Waals surface area (Å²) in [5.41, 5.74) is 3.03. The molecular formula is C16H15N3O2. The minimum Gasteiger partial charge on any atom is -0.462 e. The molecule has 2 heterocycles. The molecule has 3 aromatic rings. The van der Waals surface area contributed by atoms with E-state index < -0.39 is 0 Å².